The summed E-state index contributed by atoms with van der Waals surface area (Å²) in [4.78, 5) is 12.3. The highest BCUT2D eigenvalue weighted by Gasteiger charge is 2.73. The number of aryl methyl sites for hydroxylation is 1. The first-order valence-corrected chi connectivity index (χ1v) is 9.45. The zero-order valence-electron chi connectivity index (χ0n) is 15.4. The molecule has 3 aliphatic rings. The number of carbonyl (C=O) groups is 1. The van der Waals surface area contributed by atoms with Crippen molar-refractivity contribution in [2.75, 3.05) is 0 Å². The van der Waals surface area contributed by atoms with E-state index in [4.69, 9.17) is 4.74 Å². The van der Waals surface area contributed by atoms with Crippen LogP contribution in [0.2, 0.25) is 0 Å². The number of cyclic esters (lactones) is 1. The average Bonchev–Trinajstić information content (AvgIpc) is 3.28. The number of rotatable bonds is 4. The van der Waals surface area contributed by atoms with Crippen LogP contribution in [0.25, 0.3) is 5.57 Å². The van der Waals surface area contributed by atoms with Crippen molar-refractivity contribution in [2.45, 2.75) is 44.9 Å². The highest BCUT2D eigenvalue weighted by molar-refractivity contribution is 5.78. The Bertz CT molecular complexity index is 806. The lowest BCUT2D eigenvalue weighted by molar-refractivity contribution is -0.275. The van der Waals surface area contributed by atoms with Crippen molar-refractivity contribution in [2.24, 2.45) is 23.7 Å². The lowest BCUT2D eigenvalue weighted by Crippen LogP contribution is -2.52. The maximum absolute atomic E-state index is 14.1. The van der Waals surface area contributed by atoms with Crippen LogP contribution in [0.15, 0.2) is 42.5 Å². The number of fused-ring (bicyclic) bond motifs is 5. The SMILES string of the molecule is C/C(=C\CC[C@@]1(C(F)(F)F)OC(=O)C2C3C=CC(C3)C21)c1ccc(C)cc1. The van der Waals surface area contributed by atoms with Gasteiger partial charge in [-0.05, 0) is 49.7 Å². The van der Waals surface area contributed by atoms with Crippen molar-refractivity contribution in [1.29, 1.82) is 0 Å². The molecule has 144 valence electrons. The standard InChI is InChI=1S/C22H23F3O2/c1-13-5-7-15(8-6-13)14(2)4-3-11-21(22(23,24)25)19-17-10-9-16(12-17)18(19)20(26)27-21/h4-10,16-19H,3,11-12H2,1-2H3/b14-4+/t16?,17?,18?,19?,21-/m1/s1. The van der Waals surface area contributed by atoms with E-state index in [9.17, 15) is 18.0 Å². The summed E-state index contributed by atoms with van der Waals surface area (Å²) in [7, 11) is 0. The van der Waals surface area contributed by atoms with Gasteiger partial charge in [0.15, 0.2) is 0 Å². The first kappa shape index (κ1) is 18.3. The number of hydrogen-bond acceptors (Lipinski definition) is 2. The molecule has 0 radical (unpaired) electrons. The molecule has 5 heteroatoms. The molecule has 2 aliphatic carbocycles. The van der Waals surface area contributed by atoms with E-state index >= 15 is 0 Å². The smallest absolute Gasteiger partial charge is 0.428 e. The third kappa shape index (κ3) is 2.82. The molecule has 5 atom stereocenters. The number of allylic oxidation sites excluding steroid dienone is 4. The van der Waals surface area contributed by atoms with Crippen LogP contribution >= 0.6 is 0 Å². The molecule has 4 unspecified atom stereocenters. The highest BCUT2D eigenvalue weighted by atomic mass is 19.4. The molecule has 2 bridgehead atoms. The molecule has 0 aromatic heterocycles. The first-order chi connectivity index (χ1) is 12.7. The van der Waals surface area contributed by atoms with Crippen molar-refractivity contribution in [3.63, 3.8) is 0 Å². The van der Waals surface area contributed by atoms with Crippen LogP contribution in [0.3, 0.4) is 0 Å². The Kier molecular flexibility index (Phi) is 4.24. The summed E-state index contributed by atoms with van der Waals surface area (Å²) in [6.45, 7) is 3.89. The Balaban J connectivity index is 1.57. The van der Waals surface area contributed by atoms with E-state index in [0.29, 0.717) is 6.42 Å². The summed E-state index contributed by atoms with van der Waals surface area (Å²) < 4.78 is 47.5. The van der Waals surface area contributed by atoms with E-state index in [-0.39, 0.29) is 24.7 Å². The minimum Gasteiger partial charge on any atom is -0.449 e. The molecule has 1 saturated heterocycles. The Morgan fingerprint density at radius 3 is 2.56 bits per heavy atom. The van der Waals surface area contributed by atoms with Crippen LogP contribution < -0.4 is 0 Å². The van der Waals surface area contributed by atoms with Crippen molar-refractivity contribution in [3.8, 4) is 0 Å². The van der Waals surface area contributed by atoms with Crippen LogP contribution in [-0.4, -0.2) is 17.7 Å². The van der Waals surface area contributed by atoms with E-state index in [0.717, 1.165) is 16.7 Å². The summed E-state index contributed by atoms with van der Waals surface area (Å²) in [6, 6.07) is 7.89. The third-order valence-electron chi connectivity index (χ3n) is 6.51. The van der Waals surface area contributed by atoms with E-state index < -0.39 is 29.6 Å². The molecule has 27 heavy (non-hydrogen) atoms. The summed E-state index contributed by atoms with van der Waals surface area (Å²) in [6.07, 6.45) is 1.64. The lowest BCUT2D eigenvalue weighted by Gasteiger charge is -2.37. The van der Waals surface area contributed by atoms with Gasteiger partial charge in [-0.3, -0.25) is 4.79 Å². The lowest BCUT2D eigenvalue weighted by atomic mass is 9.72. The predicted octanol–water partition coefficient (Wildman–Crippen LogP) is 5.47. The second kappa shape index (κ2) is 6.25. The van der Waals surface area contributed by atoms with Gasteiger partial charge < -0.3 is 4.74 Å². The molecular formula is C22H23F3O2. The van der Waals surface area contributed by atoms with Gasteiger partial charge in [-0.15, -0.1) is 0 Å². The average molecular weight is 376 g/mol. The van der Waals surface area contributed by atoms with Crippen LogP contribution in [0.4, 0.5) is 13.2 Å². The van der Waals surface area contributed by atoms with Gasteiger partial charge in [0.25, 0.3) is 0 Å². The zero-order chi connectivity index (χ0) is 19.4. The minimum atomic E-state index is -4.56. The Labute approximate surface area is 157 Å². The van der Waals surface area contributed by atoms with Crippen LogP contribution in [0.1, 0.15) is 37.3 Å². The summed E-state index contributed by atoms with van der Waals surface area (Å²) in [5.74, 6) is -2.40. The molecular weight excluding hydrogens is 353 g/mol. The predicted molar refractivity (Wildman–Crippen MR) is 96.7 cm³/mol. The maximum Gasteiger partial charge on any atom is 0.428 e. The second-order valence-corrected chi connectivity index (χ2v) is 8.10. The molecule has 0 N–H and O–H groups in total. The topological polar surface area (TPSA) is 26.3 Å². The molecule has 1 heterocycles. The molecule has 4 rings (SSSR count). The largest absolute Gasteiger partial charge is 0.449 e. The number of ether oxygens (including phenoxy) is 1. The Morgan fingerprint density at radius 2 is 1.89 bits per heavy atom. The number of alkyl halides is 3. The van der Waals surface area contributed by atoms with Crippen LogP contribution in [0.5, 0.6) is 0 Å². The van der Waals surface area contributed by atoms with Gasteiger partial charge in [0.05, 0.1) is 5.92 Å². The number of esters is 1. The fourth-order valence-electron chi connectivity index (χ4n) is 5.14. The summed E-state index contributed by atoms with van der Waals surface area (Å²) in [5.41, 5.74) is 0.700. The van der Waals surface area contributed by atoms with Crippen LogP contribution in [0, 0.1) is 30.6 Å². The van der Waals surface area contributed by atoms with Gasteiger partial charge in [0.1, 0.15) is 0 Å². The van der Waals surface area contributed by atoms with Crippen molar-refractivity contribution >= 4 is 11.5 Å². The molecule has 1 aliphatic heterocycles. The van der Waals surface area contributed by atoms with E-state index in [1.165, 1.54) is 0 Å². The number of benzene rings is 1. The number of carbonyl (C=O) groups excluding carboxylic acids is 1. The minimum absolute atomic E-state index is 0.0958. The molecule has 1 aromatic rings. The van der Waals surface area contributed by atoms with Gasteiger partial charge in [0.2, 0.25) is 5.60 Å². The summed E-state index contributed by atoms with van der Waals surface area (Å²) >= 11 is 0. The van der Waals surface area contributed by atoms with Gasteiger partial charge in [-0.1, -0.05) is 48.1 Å². The fourth-order valence-corrected chi connectivity index (χ4v) is 5.14. The van der Waals surface area contributed by atoms with Crippen LogP contribution in [-0.2, 0) is 9.53 Å². The molecule has 2 fully saturated rings. The van der Waals surface area contributed by atoms with Gasteiger partial charge in [-0.25, -0.2) is 0 Å². The van der Waals surface area contributed by atoms with Crippen molar-refractivity contribution < 1.29 is 22.7 Å². The van der Waals surface area contributed by atoms with Crippen molar-refractivity contribution in [3.05, 3.63) is 53.6 Å². The van der Waals surface area contributed by atoms with Crippen molar-refractivity contribution in [1.82, 2.24) is 0 Å². The molecule has 0 amide bonds. The Hall–Kier alpha value is -2.04. The van der Waals surface area contributed by atoms with Gasteiger partial charge >= 0.3 is 12.1 Å². The fraction of sp³-hybridized carbons (Fsp3) is 0.500. The number of halogens is 3. The monoisotopic (exact) mass is 376 g/mol. The Morgan fingerprint density at radius 1 is 1.22 bits per heavy atom. The van der Waals surface area contributed by atoms with Gasteiger partial charge in [0, 0.05) is 12.3 Å². The zero-order valence-corrected chi connectivity index (χ0v) is 15.4. The summed E-state index contributed by atoms with van der Waals surface area (Å²) in [5, 5.41) is 0. The molecule has 1 aromatic carbocycles. The quantitative estimate of drug-likeness (QED) is 0.514. The van der Waals surface area contributed by atoms with E-state index in [1.54, 1.807) is 0 Å². The molecule has 1 saturated carbocycles. The highest BCUT2D eigenvalue weighted by Crippen LogP contribution is 2.62. The normalized spacial score (nSPS) is 34.9. The second-order valence-electron chi connectivity index (χ2n) is 8.10. The van der Waals surface area contributed by atoms with E-state index in [1.807, 2.05) is 56.3 Å². The maximum atomic E-state index is 14.1. The molecule has 0 spiro atoms. The molecule has 2 nitrogen and oxygen atoms in total. The number of hydrogen-bond donors (Lipinski definition) is 0. The third-order valence-corrected chi connectivity index (χ3v) is 6.51. The first-order valence-electron chi connectivity index (χ1n) is 9.45. The van der Waals surface area contributed by atoms with Gasteiger partial charge in [-0.2, -0.15) is 13.2 Å². The van der Waals surface area contributed by atoms with E-state index in [2.05, 4.69) is 0 Å².